The van der Waals surface area contributed by atoms with E-state index < -0.39 is 39.0 Å². The number of ether oxygens (including phenoxy) is 1. The Morgan fingerprint density at radius 1 is 1.36 bits per heavy atom. The van der Waals surface area contributed by atoms with E-state index in [-0.39, 0.29) is 6.61 Å². The van der Waals surface area contributed by atoms with Crippen molar-refractivity contribution < 1.29 is 21.9 Å². The van der Waals surface area contributed by atoms with Crippen LogP contribution in [0.2, 0.25) is 0 Å². The van der Waals surface area contributed by atoms with Crippen molar-refractivity contribution in [2.45, 2.75) is 37.8 Å². The fourth-order valence-corrected chi connectivity index (χ4v) is 4.22. The van der Waals surface area contributed by atoms with Crippen LogP contribution < -0.4 is 4.72 Å². The largest absolute Gasteiger partial charge is 0.377 e. The summed E-state index contributed by atoms with van der Waals surface area (Å²) in [5, 5.41) is 4.26. The maximum absolute atomic E-state index is 13.7. The van der Waals surface area contributed by atoms with Gasteiger partial charge in [0, 0.05) is 19.2 Å². The molecule has 0 radical (unpaired) electrons. The molecule has 1 aromatic carbocycles. The van der Waals surface area contributed by atoms with Crippen LogP contribution in [0.1, 0.15) is 36.1 Å². The Balaban J connectivity index is 1.80. The molecule has 1 aliphatic rings. The second kappa shape index (κ2) is 7.14. The number of sulfonamides is 1. The van der Waals surface area contributed by atoms with Gasteiger partial charge in [-0.15, -0.1) is 0 Å². The topological polar surface area (TPSA) is 86.1 Å². The van der Waals surface area contributed by atoms with E-state index in [0.717, 1.165) is 12.1 Å². The van der Waals surface area contributed by atoms with Gasteiger partial charge in [0.05, 0.1) is 11.8 Å². The third kappa shape index (κ3) is 4.02. The van der Waals surface area contributed by atoms with Crippen LogP contribution in [-0.2, 0) is 33.7 Å². The van der Waals surface area contributed by atoms with Gasteiger partial charge in [-0.25, -0.2) is 31.6 Å². The molecule has 0 fully saturated rings. The van der Waals surface area contributed by atoms with Gasteiger partial charge in [0.15, 0.2) is 5.82 Å². The van der Waals surface area contributed by atoms with E-state index in [0.29, 0.717) is 31.0 Å². The van der Waals surface area contributed by atoms with Crippen molar-refractivity contribution >= 4 is 10.0 Å². The number of halogens is 2. The van der Waals surface area contributed by atoms with Crippen LogP contribution in [0.4, 0.5) is 8.78 Å². The normalized spacial score (nSPS) is 17.5. The van der Waals surface area contributed by atoms with Crippen LogP contribution in [-0.4, -0.2) is 30.3 Å². The molecule has 0 saturated carbocycles. The molecule has 3 rings (SSSR count). The summed E-state index contributed by atoms with van der Waals surface area (Å²) in [5.74, 6) is -1.61. The molecule has 1 unspecified atom stereocenters. The Labute approximate surface area is 144 Å². The number of benzene rings is 1. The zero-order valence-corrected chi connectivity index (χ0v) is 14.4. The zero-order valence-electron chi connectivity index (χ0n) is 13.6. The highest BCUT2D eigenvalue weighted by Crippen LogP contribution is 2.25. The van der Waals surface area contributed by atoms with Gasteiger partial charge in [-0.1, -0.05) is 6.07 Å². The Hall–Kier alpha value is -1.91. The van der Waals surface area contributed by atoms with Gasteiger partial charge < -0.3 is 4.74 Å². The van der Waals surface area contributed by atoms with Gasteiger partial charge in [-0.3, -0.25) is 0 Å². The van der Waals surface area contributed by atoms with E-state index in [4.69, 9.17) is 4.74 Å². The average Bonchev–Trinajstić information content (AvgIpc) is 2.95. The first-order valence-corrected chi connectivity index (χ1v) is 9.40. The first kappa shape index (κ1) is 17.9. The molecule has 2 heterocycles. The lowest BCUT2D eigenvalue weighted by Gasteiger charge is -2.23. The highest BCUT2D eigenvalue weighted by atomic mass is 32.2. The van der Waals surface area contributed by atoms with Gasteiger partial charge in [-0.05, 0) is 25.0 Å². The van der Waals surface area contributed by atoms with Gasteiger partial charge in [-0.2, -0.15) is 5.10 Å². The number of hydrogen-bond donors (Lipinski definition) is 1. The number of rotatable bonds is 6. The molecule has 7 nitrogen and oxygen atoms in total. The lowest BCUT2D eigenvalue weighted by Crippen LogP contribution is -2.34. The number of aryl methyl sites for hydroxylation is 1. The number of nitrogens with one attached hydrogen (secondary N) is 1. The van der Waals surface area contributed by atoms with Crippen molar-refractivity contribution in [2.24, 2.45) is 0 Å². The molecular formula is C15H18F2N4O3S. The molecule has 25 heavy (non-hydrogen) atoms. The average molecular weight is 372 g/mol. The Morgan fingerprint density at radius 2 is 2.08 bits per heavy atom. The van der Waals surface area contributed by atoms with Crippen LogP contribution in [0.3, 0.4) is 0 Å². The number of hydrogen-bond acceptors (Lipinski definition) is 5. The molecule has 0 aliphatic carbocycles. The van der Waals surface area contributed by atoms with Crippen molar-refractivity contribution in [1.29, 1.82) is 0 Å². The monoisotopic (exact) mass is 372 g/mol. The molecule has 10 heteroatoms. The molecule has 136 valence electrons. The molecule has 0 saturated heterocycles. The third-order valence-corrected chi connectivity index (χ3v) is 5.22. The maximum atomic E-state index is 13.7. The second-order valence-corrected chi connectivity index (χ2v) is 7.57. The van der Waals surface area contributed by atoms with E-state index in [2.05, 4.69) is 14.8 Å². The molecule has 1 atom stereocenters. The van der Waals surface area contributed by atoms with Crippen molar-refractivity contribution in [3.05, 3.63) is 47.0 Å². The summed E-state index contributed by atoms with van der Waals surface area (Å²) in [6.45, 7) is 0.853. The van der Waals surface area contributed by atoms with E-state index >= 15 is 0 Å². The quantitative estimate of drug-likeness (QED) is 0.833. The Morgan fingerprint density at radius 3 is 2.76 bits per heavy atom. The molecule has 0 spiro atoms. The van der Waals surface area contributed by atoms with E-state index in [1.165, 1.54) is 13.2 Å². The summed E-state index contributed by atoms with van der Waals surface area (Å²) in [4.78, 5) is 4.30. The molecule has 1 aliphatic heterocycles. The van der Waals surface area contributed by atoms with Crippen LogP contribution in [0.5, 0.6) is 0 Å². The van der Waals surface area contributed by atoms with Gasteiger partial charge in [0.25, 0.3) is 0 Å². The third-order valence-electron chi connectivity index (χ3n) is 3.91. The number of aromatic nitrogens is 3. The minimum absolute atomic E-state index is 0.222. The van der Waals surface area contributed by atoms with Gasteiger partial charge in [0.2, 0.25) is 10.0 Å². The lowest BCUT2D eigenvalue weighted by atomic mass is 10.1. The standard InChI is InChI=1S/C15H18F2N4O3S/c1-24-8-14-18-15-13(6-3-7-21(15)19-14)20-25(22,23)9-10-11(16)4-2-5-12(10)17/h2,4-5,13,20H,3,6-9H2,1H3. The molecule has 0 amide bonds. The fraction of sp³-hybridized carbons (Fsp3) is 0.467. The molecule has 1 aromatic heterocycles. The van der Waals surface area contributed by atoms with E-state index in [9.17, 15) is 17.2 Å². The number of methoxy groups -OCH3 is 1. The van der Waals surface area contributed by atoms with Crippen molar-refractivity contribution in [3.8, 4) is 0 Å². The van der Waals surface area contributed by atoms with Crippen molar-refractivity contribution in [1.82, 2.24) is 19.5 Å². The smallest absolute Gasteiger partial charge is 0.216 e. The first-order chi connectivity index (χ1) is 11.9. The van der Waals surface area contributed by atoms with Crippen molar-refractivity contribution in [2.75, 3.05) is 7.11 Å². The highest BCUT2D eigenvalue weighted by Gasteiger charge is 2.29. The molecular weight excluding hydrogens is 354 g/mol. The van der Waals surface area contributed by atoms with Gasteiger partial charge >= 0.3 is 0 Å². The summed E-state index contributed by atoms with van der Waals surface area (Å²) in [7, 11) is -2.45. The summed E-state index contributed by atoms with van der Waals surface area (Å²) in [6, 6.07) is 2.66. The summed E-state index contributed by atoms with van der Waals surface area (Å²) < 4.78 is 61.3. The van der Waals surface area contributed by atoms with Gasteiger partial charge in [0.1, 0.15) is 24.1 Å². The van der Waals surface area contributed by atoms with Crippen LogP contribution >= 0.6 is 0 Å². The zero-order chi connectivity index (χ0) is 18.0. The molecule has 1 N–H and O–H groups in total. The number of nitrogens with zero attached hydrogens (tertiary/aromatic N) is 3. The summed E-state index contributed by atoms with van der Waals surface area (Å²) in [6.07, 6.45) is 1.24. The molecule has 2 aromatic rings. The SMILES string of the molecule is COCc1nc2n(n1)CCCC2NS(=O)(=O)Cc1c(F)cccc1F. The predicted octanol–water partition coefficient (Wildman–Crippen LogP) is 1.66. The fourth-order valence-electron chi connectivity index (χ4n) is 2.82. The Kier molecular flexibility index (Phi) is 5.11. The first-order valence-electron chi connectivity index (χ1n) is 7.75. The maximum Gasteiger partial charge on any atom is 0.216 e. The predicted molar refractivity (Wildman–Crippen MR) is 84.8 cm³/mol. The van der Waals surface area contributed by atoms with E-state index in [1.54, 1.807) is 4.68 Å². The summed E-state index contributed by atoms with van der Waals surface area (Å²) in [5.41, 5.74) is -0.479. The number of fused-ring (bicyclic) bond motifs is 1. The lowest BCUT2D eigenvalue weighted by molar-refractivity contribution is 0.177. The van der Waals surface area contributed by atoms with Crippen molar-refractivity contribution in [3.63, 3.8) is 0 Å². The van der Waals surface area contributed by atoms with E-state index in [1.807, 2.05) is 0 Å². The van der Waals surface area contributed by atoms with Crippen LogP contribution in [0.15, 0.2) is 18.2 Å². The highest BCUT2D eigenvalue weighted by molar-refractivity contribution is 7.88. The minimum Gasteiger partial charge on any atom is -0.377 e. The minimum atomic E-state index is -3.97. The van der Waals surface area contributed by atoms with Crippen LogP contribution in [0.25, 0.3) is 0 Å². The molecule has 0 bridgehead atoms. The Bertz CT molecular complexity index is 849. The summed E-state index contributed by atoms with van der Waals surface area (Å²) >= 11 is 0. The van der Waals surface area contributed by atoms with Crippen LogP contribution in [0, 0.1) is 11.6 Å². The second-order valence-electron chi connectivity index (χ2n) is 5.81.